The average Bonchev–Trinajstić information content (AvgIpc) is 2.70. The van der Waals surface area contributed by atoms with E-state index < -0.39 is 0 Å². The molecule has 0 aliphatic heterocycles. The average molecular weight is 362 g/mol. The van der Waals surface area contributed by atoms with Crippen molar-refractivity contribution in [1.82, 2.24) is 4.90 Å². The van der Waals surface area contributed by atoms with Crippen LogP contribution in [-0.2, 0) is 0 Å². The van der Waals surface area contributed by atoms with Gasteiger partial charge < -0.3 is 4.90 Å². The van der Waals surface area contributed by atoms with E-state index in [0.29, 0.717) is 0 Å². The fourth-order valence-electron chi connectivity index (χ4n) is 3.07. The maximum absolute atomic E-state index is 2.32. The molecule has 0 aromatic heterocycles. The van der Waals surface area contributed by atoms with Gasteiger partial charge in [0.15, 0.2) is 0 Å². The van der Waals surface area contributed by atoms with Crippen LogP contribution in [0.5, 0.6) is 0 Å². The summed E-state index contributed by atoms with van der Waals surface area (Å²) < 4.78 is 0. The van der Waals surface area contributed by atoms with Crippen molar-refractivity contribution in [1.29, 1.82) is 0 Å². The zero-order chi connectivity index (χ0) is 19.2. The lowest BCUT2D eigenvalue weighted by Gasteiger charge is -2.15. The van der Waals surface area contributed by atoms with Gasteiger partial charge in [-0.1, -0.05) is 107 Å². The molecular formula is C26H35N. The van der Waals surface area contributed by atoms with Gasteiger partial charge in [-0.05, 0) is 35.6 Å². The first-order chi connectivity index (χ1) is 13.2. The maximum atomic E-state index is 2.32. The molecule has 27 heavy (non-hydrogen) atoms. The lowest BCUT2D eigenvalue weighted by Crippen LogP contribution is -2.11. The van der Waals surface area contributed by atoms with E-state index in [0.717, 1.165) is 12.5 Å². The highest BCUT2D eigenvalue weighted by Gasteiger charge is 1.98. The van der Waals surface area contributed by atoms with Crippen molar-refractivity contribution >= 4 is 12.2 Å². The number of rotatable bonds is 12. The monoisotopic (exact) mass is 361 g/mol. The van der Waals surface area contributed by atoms with E-state index in [1.165, 1.54) is 49.7 Å². The summed E-state index contributed by atoms with van der Waals surface area (Å²) in [6, 6.07) is 21.0. The first kappa shape index (κ1) is 21.0. The van der Waals surface area contributed by atoms with Gasteiger partial charge >= 0.3 is 0 Å². The minimum atomic E-state index is 0.840. The number of benzene rings is 2. The Kier molecular flexibility index (Phi) is 10.1. The third kappa shape index (κ3) is 9.84. The second-order valence-electron chi connectivity index (χ2n) is 7.64. The van der Waals surface area contributed by atoms with E-state index in [1.807, 2.05) is 0 Å². The zero-order valence-corrected chi connectivity index (χ0v) is 17.1. The molecule has 0 saturated carbocycles. The molecule has 1 nitrogen and oxygen atoms in total. The van der Waals surface area contributed by atoms with Gasteiger partial charge in [0.1, 0.15) is 0 Å². The van der Waals surface area contributed by atoms with Crippen LogP contribution in [0.15, 0.2) is 73.1 Å². The number of hydrogen-bond donors (Lipinski definition) is 0. The molecule has 0 amide bonds. The summed E-state index contributed by atoms with van der Waals surface area (Å²) >= 11 is 0. The highest BCUT2D eigenvalue weighted by molar-refractivity contribution is 5.51. The smallest absolute Gasteiger partial charge is 0.0219 e. The van der Waals surface area contributed by atoms with Crippen molar-refractivity contribution < 1.29 is 0 Å². The molecule has 0 aliphatic rings. The summed E-state index contributed by atoms with van der Waals surface area (Å²) in [5.74, 6) is 0.840. The van der Waals surface area contributed by atoms with E-state index in [1.54, 1.807) is 0 Å². The first-order valence-corrected chi connectivity index (χ1v) is 10.5. The van der Waals surface area contributed by atoms with Gasteiger partial charge in [0.05, 0.1) is 0 Å². The predicted octanol–water partition coefficient (Wildman–Crippen LogP) is 7.63. The van der Waals surface area contributed by atoms with Gasteiger partial charge in [0, 0.05) is 18.9 Å². The van der Waals surface area contributed by atoms with Crippen LogP contribution < -0.4 is 0 Å². The van der Waals surface area contributed by atoms with Crippen molar-refractivity contribution in [3.63, 3.8) is 0 Å². The van der Waals surface area contributed by atoms with Crippen LogP contribution in [0.4, 0.5) is 0 Å². The molecule has 2 rings (SSSR count). The van der Waals surface area contributed by atoms with Crippen molar-refractivity contribution in [2.24, 2.45) is 5.92 Å². The summed E-state index contributed by atoms with van der Waals surface area (Å²) in [4.78, 5) is 2.31. The largest absolute Gasteiger partial charge is 0.354 e. The molecule has 0 unspecified atom stereocenters. The Hall–Kier alpha value is -2.28. The normalized spacial score (nSPS) is 11.7. The molecule has 0 aliphatic carbocycles. The van der Waals surface area contributed by atoms with Crippen molar-refractivity contribution in [2.75, 3.05) is 6.54 Å². The lowest BCUT2D eigenvalue weighted by molar-refractivity contribution is 0.462. The second-order valence-corrected chi connectivity index (χ2v) is 7.64. The summed E-state index contributed by atoms with van der Waals surface area (Å²) in [5.41, 5.74) is 2.48. The van der Waals surface area contributed by atoms with Crippen LogP contribution >= 0.6 is 0 Å². The molecule has 0 N–H and O–H groups in total. The fourth-order valence-corrected chi connectivity index (χ4v) is 3.07. The van der Waals surface area contributed by atoms with Crippen LogP contribution in [0.3, 0.4) is 0 Å². The second kappa shape index (κ2) is 13.0. The number of hydrogen-bond acceptors (Lipinski definition) is 1. The van der Waals surface area contributed by atoms with Gasteiger partial charge in [-0.3, -0.25) is 0 Å². The molecule has 1 heteroatoms. The maximum Gasteiger partial charge on any atom is 0.0219 e. The zero-order valence-electron chi connectivity index (χ0n) is 17.1. The fraction of sp³-hybridized carbons (Fsp3) is 0.385. The molecule has 0 saturated heterocycles. The van der Waals surface area contributed by atoms with Crippen LogP contribution in [-0.4, -0.2) is 11.4 Å². The molecule has 0 atom stereocenters. The summed E-state index contributed by atoms with van der Waals surface area (Å²) in [7, 11) is 0. The van der Waals surface area contributed by atoms with Gasteiger partial charge in [-0.25, -0.2) is 0 Å². The number of nitrogens with zero attached hydrogens (tertiary/aromatic N) is 1. The summed E-state index contributed by atoms with van der Waals surface area (Å²) in [6.07, 6.45) is 16.8. The molecule has 0 heterocycles. The Balaban J connectivity index is 1.83. The summed E-state index contributed by atoms with van der Waals surface area (Å²) in [5, 5.41) is 0. The third-order valence-electron chi connectivity index (χ3n) is 4.71. The Morgan fingerprint density at radius 1 is 0.667 bits per heavy atom. The Labute approximate surface area is 166 Å². The molecule has 0 spiro atoms. The molecule has 0 bridgehead atoms. The van der Waals surface area contributed by atoms with Gasteiger partial charge in [0.2, 0.25) is 0 Å². The summed E-state index contributed by atoms with van der Waals surface area (Å²) in [6.45, 7) is 5.70. The topological polar surface area (TPSA) is 3.24 Å². The van der Waals surface area contributed by atoms with Gasteiger partial charge in [-0.2, -0.15) is 0 Å². The van der Waals surface area contributed by atoms with Gasteiger partial charge in [-0.15, -0.1) is 0 Å². The van der Waals surface area contributed by atoms with E-state index >= 15 is 0 Å². The van der Waals surface area contributed by atoms with Crippen molar-refractivity contribution in [3.05, 3.63) is 84.2 Å². The van der Waals surface area contributed by atoms with Crippen molar-refractivity contribution in [2.45, 2.75) is 52.4 Å². The van der Waals surface area contributed by atoms with Crippen LogP contribution in [0.2, 0.25) is 0 Å². The predicted molar refractivity (Wildman–Crippen MR) is 120 cm³/mol. The van der Waals surface area contributed by atoms with Crippen LogP contribution in [0, 0.1) is 5.92 Å². The molecular weight excluding hydrogens is 326 g/mol. The minimum absolute atomic E-state index is 0.840. The standard InChI is InChI=1S/C26H35N/c1-24(2)14-8-4-3-5-13-21-27(22-19-25-15-9-6-10-16-25)23-20-26-17-11-7-12-18-26/h6-7,9-12,15-20,22-24H,3-5,8,13-14,21H2,1-2H3. The number of unbranched alkanes of at least 4 members (excludes halogenated alkanes) is 4. The molecule has 2 aromatic carbocycles. The van der Waals surface area contributed by atoms with Crippen LogP contribution in [0.25, 0.3) is 12.2 Å². The lowest BCUT2D eigenvalue weighted by atomic mass is 10.0. The Morgan fingerprint density at radius 2 is 1.15 bits per heavy atom. The first-order valence-electron chi connectivity index (χ1n) is 10.5. The van der Waals surface area contributed by atoms with E-state index in [9.17, 15) is 0 Å². The Morgan fingerprint density at radius 3 is 1.67 bits per heavy atom. The highest BCUT2D eigenvalue weighted by Crippen LogP contribution is 2.12. The van der Waals surface area contributed by atoms with Crippen LogP contribution in [0.1, 0.15) is 63.5 Å². The van der Waals surface area contributed by atoms with E-state index in [4.69, 9.17) is 0 Å². The third-order valence-corrected chi connectivity index (χ3v) is 4.71. The van der Waals surface area contributed by atoms with E-state index in [2.05, 4.69) is 104 Å². The van der Waals surface area contributed by atoms with Gasteiger partial charge in [0.25, 0.3) is 0 Å². The molecule has 2 aromatic rings. The minimum Gasteiger partial charge on any atom is -0.354 e. The van der Waals surface area contributed by atoms with E-state index in [-0.39, 0.29) is 0 Å². The molecule has 0 fully saturated rings. The van der Waals surface area contributed by atoms with Crippen molar-refractivity contribution in [3.8, 4) is 0 Å². The molecule has 144 valence electrons. The highest BCUT2D eigenvalue weighted by atomic mass is 15.1. The molecule has 0 radical (unpaired) electrons. The Bertz CT molecular complexity index is 606. The quantitative estimate of drug-likeness (QED) is 0.351. The SMILES string of the molecule is CC(C)CCCCCCCN(C=Cc1ccccc1)C=Cc1ccccc1.